The number of aliphatic hydroxyl groups excluding tert-OH is 1. The van der Waals surface area contributed by atoms with Crippen LogP contribution in [0.2, 0.25) is 0 Å². The van der Waals surface area contributed by atoms with E-state index in [9.17, 15) is 9.90 Å². The zero-order valence-electron chi connectivity index (χ0n) is 8.66. The maximum absolute atomic E-state index is 11.3. The van der Waals surface area contributed by atoms with Crippen LogP contribution in [0.4, 0.5) is 0 Å². The topological polar surface area (TPSA) is 58.6 Å². The molecule has 0 aromatic rings. The number of amides is 1. The highest BCUT2D eigenvalue weighted by molar-refractivity contribution is 5.77. The van der Waals surface area contributed by atoms with Crippen molar-refractivity contribution in [2.24, 2.45) is 0 Å². The lowest BCUT2D eigenvalue weighted by Crippen LogP contribution is -2.41. The van der Waals surface area contributed by atoms with Crippen molar-refractivity contribution in [1.82, 2.24) is 5.32 Å². The quantitative estimate of drug-likeness (QED) is 0.694. The van der Waals surface area contributed by atoms with Crippen LogP contribution >= 0.6 is 0 Å². The smallest absolute Gasteiger partial charge is 0.246 e. The number of carbonyl (C=O) groups excluding carboxylic acids is 1. The van der Waals surface area contributed by atoms with Crippen molar-refractivity contribution >= 4 is 5.91 Å². The molecule has 1 saturated carbocycles. The van der Waals surface area contributed by atoms with E-state index in [4.69, 9.17) is 4.74 Å². The highest BCUT2D eigenvalue weighted by Crippen LogP contribution is 2.17. The molecule has 1 aliphatic carbocycles. The Balaban J connectivity index is 2.18. The van der Waals surface area contributed by atoms with Crippen LogP contribution in [-0.4, -0.2) is 36.4 Å². The van der Waals surface area contributed by atoms with E-state index in [1.165, 1.54) is 0 Å². The largest absolute Gasteiger partial charge is 0.393 e. The van der Waals surface area contributed by atoms with E-state index in [0.29, 0.717) is 13.0 Å². The van der Waals surface area contributed by atoms with Crippen LogP contribution in [-0.2, 0) is 9.53 Å². The minimum absolute atomic E-state index is 0.0778. The van der Waals surface area contributed by atoms with Gasteiger partial charge in [-0.1, -0.05) is 0 Å². The van der Waals surface area contributed by atoms with Gasteiger partial charge < -0.3 is 15.2 Å². The second kappa shape index (κ2) is 5.98. The fourth-order valence-electron chi connectivity index (χ4n) is 1.76. The van der Waals surface area contributed by atoms with Crippen LogP contribution in [0, 0.1) is 0 Å². The van der Waals surface area contributed by atoms with Crippen LogP contribution in [0.1, 0.15) is 32.6 Å². The molecule has 0 heterocycles. The Morgan fingerprint density at radius 1 is 1.57 bits per heavy atom. The molecule has 4 nitrogen and oxygen atoms in total. The normalized spacial score (nSPS) is 27.3. The molecule has 0 radical (unpaired) electrons. The molecule has 0 bridgehead atoms. The van der Waals surface area contributed by atoms with E-state index >= 15 is 0 Å². The Hall–Kier alpha value is -0.610. The van der Waals surface area contributed by atoms with Crippen molar-refractivity contribution < 1.29 is 14.6 Å². The first kappa shape index (κ1) is 11.5. The number of rotatable bonds is 4. The van der Waals surface area contributed by atoms with Gasteiger partial charge in [-0.15, -0.1) is 0 Å². The lowest BCUT2D eigenvalue weighted by atomic mass is 9.93. The Labute approximate surface area is 84.6 Å². The third-order valence-electron chi connectivity index (χ3n) is 2.45. The molecule has 0 aromatic carbocycles. The fourth-order valence-corrected chi connectivity index (χ4v) is 1.76. The van der Waals surface area contributed by atoms with Gasteiger partial charge >= 0.3 is 0 Å². The van der Waals surface area contributed by atoms with E-state index in [1.54, 1.807) is 0 Å². The Morgan fingerprint density at radius 3 is 3.00 bits per heavy atom. The van der Waals surface area contributed by atoms with Gasteiger partial charge in [0.1, 0.15) is 6.61 Å². The van der Waals surface area contributed by atoms with E-state index < -0.39 is 0 Å². The maximum Gasteiger partial charge on any atom is 0.246 e. The number of ether oxygens (including phenoxy) is 1. The highest BCUT2D eigenvalue weighted by atomic mass is 16.5. The lowest BCUT2D eigenvalue weighted by molar-refractivity contribution is -0.126. The molecule has 1 aliphatic rings. The molecule has 0 saturated heterocycles. The first-order valence-corrected chi connectivity index (χ1v) is 5.27. The molecule has 0 spiro atoms. The summed E-state index contributed by atoms with van der Waals surface area (Å²) in [4.78, 5) is 11.3. The van der Waals surface area contributed by atoms with Gasteiger partial charge in [-0.25, -0.2) is 0 Å². The standard InChI is InChI=1S/C10H19NO3/c1-2-14-7-10(13)11-8-4-3-5-9(12)6-8/h8-9,12H,2-7H2,1H3,(H,11,13)/t8-,9+/m0/s1. The molecule has 2 N–H and O–H groups in total. The number of hydrogen-bond donors (Lipinski definition) is 2. The van der Waals surface area contributed by atoms with E-state index in [2.05, 4.69) is 5.32 Å². The van der Waals surface area contributed by atoms with Crippen LogP contribution in [0.25, 0.3) is 0 Å². The second-order valence-electron chi connectivity index (χ2n) is 3.72. The molecule has 14 heavy (non-hydrogen) atoms. The van der Waals surface area contributed by atoms with Crippen molar-refractivity contribution in [2.45, 2.75) is 44.8 Å². The van der Waals surface area contributed by atoms with Gasteiger partial charge in [0.15, 0.2) is 0 Å². The summed E-state index contributed by atoms with van der Waals surface area (Å²) in [6.45, 7) is 2.54. The van der Waals surface area contributed by atoms with Gasteiger partial charge in [0, 0.05) is 12.6 Å². The first-order chi connectivity index (χ1) is 6.72. The lowest BCUT2D eigenvalue weighted by Gasteiger charge is -2.26. The Bertz CT molecular complexity index is 184. The molecule has 2 atom stereocenters. The molecule has 1 rings (SSSR count). The zero-order valence-corrected chi connectivity index (χ0v) is 8.66. The zero-order chi connectivity index (χ0) is 10.4. The molecule has 0 aromatic heterocycles. The minimum Gasteiger partial charge on any atom is -0.393 e. The third kappa shape index (κ3) is 4.07. The average molecular weight is 201 g/mol. The summed E-state index contributed by atoms with van der Waals surface area (Å²) in [5.74, 6) is -0.0778. The van der Waals surface area contributed by atoms with E-state index in [0.717, 1.165) is 19.3 Å². The van der Waals surface area contributed by atoms with E-state index in [-0.39, 0.29) is 24.7 Å². The summed E-state index contributed by atoms with van der Waals surface area (Å²) < 4.78 is 4.99. The predicted octanol–water partition coefficient (Wildman–Crippen LogP) is 0.443. The van der Waals surface area contributed by atoms with Crippen molar-refractivity contribution in [3.05, 3.63) is 0 Å². The Kier molecular flexibility index (Phi) is 4.90. The van der Waals surface area contributed by atoms with Gasteiger partial charge in [0.2, 0.25) is 5.91 Å². The van der Waals surface area contributed by atoms with Crippen LogP contribution < -0.4 is 5.32 Å². The average Bonchev–Trinajstić information content (AvgIpc) is 2.15. The van der Waals surface area contributed by atoms with Gasteiger partial charge in [0.05, 0.1) is 6.10 Å². The van der Waals surface area contributed by atoms with Crippen molar-refractivity contribution in [3.8, 4) is 0 Å². The number of aliphatic hydroxyl groups is 1. The molecular formula is C10H19NO3. The molecule has 82 valence electrons. The summed E-state index contributed by atoms with van der Waals surface area (Å²) in [6, 6.07) is 0.131. The summed E-state index contributed by atoms with van der Waals surface area (Å²) in [7, 11) is 0. The molecule has 1 amide bonds. The van der Waals surface area contributed by atoms with Crippen LogP contribution in [0.5, 0.6) is 0 Å². The predicted molar refractivity (Wildman–Crippen MR) is 52.9 cm³/mol. The van der Waals surface area contributed by atoms with Gasteiger partial charge in [0.25, 0.3) is 0 Å². The third-order valence-corrected chi connectivity index (χ3v) is 2.45. The molecule has 4 heteroatoms. The van der Waals surface area contributed by atoms with Crippen molar-refractivity contribution in [1.29, 1.82) is 0 Å². The molecule has 1 fully saturated rings. The summed E-state index contributed by atoms with van der Waals surface area (Å²) in [6.07, 6.45) is 3.24. The SMILES string of the molecule is CCOCC(=O)N[C@H]1CCC[C@@H](O)C1. The number of nitrogens with one attached hydrogen (secondary N) is 1. The van der Waals surface area contributed by atoms with Crippen molar-refractivity contribution in [3.63, 3.8) is 0 Å². The number of hydrogen-bond acceptors (Lipinski definition) is 3. The van der Waals surface area contributed by atoms with E-state index in [1.807, 2.05) is 6.92 Å². The van der Waals surface area contributed by atoms with Gasteiger partial charge in [-0.2, -0.15) is 0 Å². The molecular weight excluding hydrogens is 182 g/mol. The van der Waals surface area contributed by atoms with Crippen molar-refractivity contribution in [2.75, 3.05) is 13.2 Å². The minimum atomic E-state index is -0.249. The summed E-state index contributed by atoms with van der Waals surface area (Å²) in [5, 5.41) is 12.2. The molecule has 0 unspecified atom stereocenters. The number of carbonyl (C=O) groups is 1. The summed E-state index contributed by atoms with van der Waals surface area (Å²) in [5.41, 5.74) is 0. The maximum atomic E-state index is 11.3. The Morgan fingerprint density at radius 2 is 2.36 bits per heavy atom. The van der Waals surface area contributed by atoms with Crippen LogP contribution in [0.3, 0.4) is 0 Å². The molecule has 0 aliphatic heterocycles. The highest BCUT2D eigenvalue weighted by Gasteiger charge is 2.21. The van der Waals surface area contributed by atoms with Crippen LogP contribution in [0.15, 0.2) is 0 Å². The summed E-state index contributed by atoms with van der Waals surface area (Å²) >= 11 is 0. The van der Waals surface area contributed by atoms with Gasteiger partial charge in [-0.05, 0) is 32.6 Å². The monoisotopic (exact) mass is 201 g/mol. The first-order valence-electron chi connectivity index (χ1n) is 5.27. The fraction of sp³-hybridized carbons (Fsp3) is 0.900. The second-order valence-corrected chi connectivity index (χ2v) is 3.72. The van der Waals surface area contributed by atoms with Gasteiger partial charge in [-0.3, -0.25) is 4.79 Å².